The molecule has 3 aromatic rings. The number of H-pyrrole nitrogens is 1. The van der Waals surface area contributed by atoms with Gasteiger partial charge in [-0.05, 0) is 51.1 Å². The van der Waals surface area contributed by atoms with E-state index in [0.29, 0.717) is 11.3 Å². The highest BCUT2D eigenvalue weighted by molar-refractivity contribution is 5.77. The monoisotopic (exact) mass is 337 g/mol. The molecule has 4 rings (SSSR count). The second-order valence-electron chi connectivity index (χ2n) is 6.83. The van der Waals surface area contributed by atoms with Crippen LogP contribution in [0.25, 0.3) is 10.9 Å². The lowest BCUT2D eigenvalue weighted by molar-refractivity contribution is 0.155. The Labute approximate surface area is 146 Å². The van der Waals surface area contributed by atoms with Crippen molar-refractivity contribution >= 4 is 10.9 Å². The van der Waals surface area contributed by atoms with E-state index in [4.69, 9.17) is 0 Å². The van der Waals surface area contributed by atoms with Crippen LogP contribution < -0.4 is 5.56 Å². The highest BCUT2D eigenvalue weighted by atomic mass is 16.1. The molecule has 1 aliphatic rings. The number of nitrogens with zero attached hydrogens (tertiary/aromatic N) is 4. The standard InChI is InChI=1S/C19H23N5O/c1-13(18-21-16-6-4-3-5-15(16)19(25)22-18)24-11-8-14(9-12-24)17-7-10-20-23(17)2/h3-7,10,13-14H,8-9,11-12H2,1-2H3,(H,21,22,25)/t13-/m1/s1. The zero-order valence-corrected chi connectivity index (χ0v) is 14.6. The Kier molecular flexibility index (Phi) is 4.13. The first-order chi connectivity index (χ1) is 12.1. The smallest absolute Gasteiger partial charge is 0.258 e. The minimum Gasteiger partial charge on any atom is -0.309 e. The molecule has 6 heteroatoms. The summed E-state index contributed by atoms with van der Waals surface area (Å²) >= 11 is 0. The molecule has 0 spiro atoms. The molecule has 6 nitrogen and oxygen atoms in total. The molecule has 0 radical (unpaired) electrons. The lowest BCUT2D eigenvalue weighted by Crippen LogP contribution is -2.36. The molecule has 0 saturated carbocycles. The van der Waals surface area contributed by atoms with Crippen molar-refractivity contribution in [2.75, 3.05) is 13.1 Å². The molecule has 0 aliphatic carbocycles. The summed E-state index contributed by atoms with van der Waals surface area (Å²) in [5.41, 5.74) is 2.01. The van der Waals surface area contributed by atoms with Crippen molar-refractivity contribution in [2.24, 2.45) is 7.05 Å². The van der Waals surface area contributed by atoms with Crippen LogP contribution in [0.3, 0.4) is 0 Å². The van der Waals surface area contributed by atoms with Gasteiger partial charge in [-0.1, -0.05) is 12.1 Å². The van der Waals surface area contributed by atoms with Crippen LogP contribution in [-0.2, 0) is 7.05 Å². The number of aromatic nitrogens is 4. The van der Waals surface area contributed by atoms with Crippen LogP contribution >= 0.6 is 0 Å². The summed E-state index contributed by atoms with van der Waals surface area (Å²) < 4.78 is 1.98. The summed E-state index contributed by atoms with van der Waals surface area (Å²) in [7, 11) is 2.01. The van der Waals surface area contributed by atoms with Gasteiger partial charge in [-0.2, -0.15) is 5.10 Å². The number of likely N-dealkylation sites (tertiary alicyclic amines) is 1. The Morgan fingerprint density at radius 3 is 2.68 bits per heavy atom. The topological polar surface area (TPSA) is 66.8 Å². The first-order valence-corrected chi connectivity index (χ1v) is 8.84. The number of nitrogens with one attached hydrogen (secondary N) is 1. The minimum atomic E-state index is -0.0581. The maximum Gasteiger partial charge on any atom is 0.258 e. The van der Waals surface area contributed by atoms with Gasteiger partial charge < -0.3 is 4.98 Å². The third-order valence-corrected chi connectivity index (χ3v) is 5.38. The van der Waals surface area contributed by atoms with Crippen molar-refractivity contribution in [1.29, 1.82) is 0 Å². The number of piperidine rings is 1. The zero-order valence-electron chi connectivity index (χ0n) is 14.6. The van der Waals surface area contributed by atoms with Crippen molar-refractivity contribution < 1.29 is 0 Å². The molecule has 1 atom stereocenters. The fourth-order valence-electron chi connectivity index (χ4n) is 3.84. The summed E-state index contributed by atoms with van der Waals surface area (Å²) in [5.74, 6) is 1.31. The van der Waals surface area contributed by atoms with E-state index >= 15 is 0 Å². The Balaban J connectivity index is 1.52. The third-order valence-electron chi connectivity index (χ3n) is 5.38. The van der Waals surface area contributed by atoms with E-state index in [2.05, 4.69) is 33.0 Å². The van der Waals surface area contributed by atoms with Gasteiger partial charge in [0, 0.05) is 24.9 Å². The van der Waals surface area contributed by atoms with Gasteiger partial charge in [0.2, 0.25) is 0 Å². The quantitative estimate of drug-likeness (QED) is 0.798. The lowest BCUT2D eigenvalue weighted by Gasteiger charge is -2.35. The van der Waals surface area contributed by atoms with Gasteiger partial charge in [0.05, 0.1) is 16.9 Å². The maximum absolute atomic E-state index is 12.3. The van der Waals surface area contributed by atoms with E-state index in [9.17, 15) is 4.79 Å². The summed E-state index contributed by atoms with van der Waals surface area (Å²) in [4.78, 5) is 22.4. The summed E-state index contributed by atoms with van der Waals surface area (Å²) in [5, 5.41) is 4.93. The Morgan fingerprint density at radius 1 is 1.20 bits per heavy atom. The number of benzene rings is 1. The average molecular weight is 337 g/mol. The highest BCUT2D eigenvalue weighted by Gasteiger charge is 2.27. The normalized spacial score (nSPS) is 17.8. The number of para-hydroxylation sites is 1. The summed E-state index contributed by atoms with van der Waals surface area (Å²) in [6.45, 7) is 4.11. The van der Waals surface area contributed by atoms with Gasteiger partial charge >= 0.3 is 0 Å². The molecule has 1 saturated heterocycles. The van der Waals surface area contributed by atoms with Crippen LogP contribution in [0.1, 0.15) is 43.2 Å². The van der Waals surface area contributed by atoms with E-state index in [-0.39, 0.29) is 11.6 Å². The van der Waals surface area contributed by atoms with Crippen LogP contribution in [0.2, 0.25) is 0 Å². The van der Waals surface area contributed by atoms with E-state index in [1.807, 2.05) is 42.2 Å². The second kappa shape index (κ2) is 6.44. The largest absolute Gasteiger partial charge is 0.309 e. The van der Waals surface area contributed by atoms with Gasteiger partial charge in [0.25, 0.3) is 5.56 Å². The van der Waals surface area contributed by atoms with E-state index in [1.54, 1.807) is 0 Å². The van der Waals surface area contributed by atoms with Crippen molar-refractivity contribution in [3.05, 3.63) is 58.4 Å². The molecule has 3 heterocycles. The van der Waals surface area contributed by atoms with E-state index in [0.717, 1.165) is 37.3 Å². The fourth-order valence-corrected chi connectivity index (χ4v) is 3.84. The fraction of sp³-hybridized carbons (Fsp3) is 0.421. The number of hydrogen-bond donors (Lipinski definition) is 1. The van der Waals surface area contributed by atoms with Crippen LogP contribution in [0.5, 0.6) is 0 Å². The molecule has 25 heavy (non-hydrogen) atoms. The van der Waals surface area contributed by atoms with Crippen LogP contribution in [0, 0.1) is 0 Å². The molecule has 2 aromatic heterocycles. The molecule has 0 unspecified atom stereocenters. The molecule has 130 valence electrons. The van der Waals surface area contributed by atoms with Crippen molar-refractivity contribution in [1.82, 2.24) is 24.6 Å². The number of rotatable bonds is 3. The first kappa shape index (κ1) is 16.0. The Bertz CT molecular complexity index is 936. The Hall–Kier alpha value is -2.47. The van der Waals surface area contributed by atoms with E-state index < -0.39 is 0 Å². The number of aryl methyl sites for hydroxylation is 1. The lowest BCUT2D eigenvalue weighted by atomic mass is 9.92. The van der Waals surface area contributed by atoms with Gasteiger partial charge in [-0.3, -0.25) is 14.4 Å². The first-order valence-electron chi connectivity index (χ1n) is 8.84. The van der Waals surface area contributed by atoms with Crippen molar-refractivity contribution in [3.8, 4) is 0 Å². The molecule has 1 fully saturated rings. The summed E-state index contributed by atoms with van der Waals surface area (Å²) in [6.07, 6.45) is 4.07. The Morgan fingerprint density at radius 2 is 1.96 bits per heavy atom. The zero-order chi connectivity index (χ0) is 17.4. The second-order valence-corrected chi connectivity index (χ2v) is 6.83. The molecule has 1 aromatic carbocycles. The van der Waals surface area contributed by atoms with Gasteiger partial charge in [0.15, 0.2) is 0 Å². The molecular weight excluding hydrogens is 314 g/mol. The van der Waals surface area contributed by atoms with Crippen LogP contribution in [-0.4, -0.2) is 37.7 Å². The number of fused-ring (bicyclic) bond motifs is 1. The molecule has 0 amide bonds. The van der Waals surface area contributed by atoms with Crippen LogP contribution in [0.4, 0.5) is 0 Å². The molecule has 1 N–H and O–H groups in total. The average Bonchev–Trinajstić information content (AvgIpc) is 3.07. The molecule has 1 aliphatic heterocycles. The molecular formula is C19H23N5O. The predicted molar refractivity (Wildman–Crippen MR) is 97.5 cm³/mol. The third kappa shape index (κ3) is 2.98. The minimum absolute atomic E-state index is 0.0581. The predicted octanol–water partition coefficient (Wildman–Crippen LogP) is 2.60. The molecule has 0 bridgehead atoms. The van der Waals surface area contributed by atoms with Gasteiger partial charge in [-0.25, -0.2) is 4.98 Å². The number of aromatic amines is 1. The van der Waals surface area contributed by atoms with Gasteiger partial charge in [-0.15, -0.1) is 0 Å². The number of hydrogen-bond acceptors (Lipinski definition) is 4. The van der Waals surface area contributed by atoms with E-state index in [1.165, 1.54) is 5.69 Å². The van der Waals surface area contributed by atoms with Crippen LogP contribution in [0.15, 0.2) is 41.3 Å². The van der Waals surface area contributed by atoms with Gasteiger partial charge in [0.1, 0.15) is 5.82 Å². The SMILES string of the molecule is C[C@H](c1nc2ccccc2c(=O)[nH]1)N1CCC(c2ccnn2C)CC1. The van der Waals surface area contributed by atoms with Crippen molar-refractivity contribution in [3.63, 3.8) is 0 Å². The summed E-state index contributed by atoms with van der Waals surface area (Å²) in [6, 6.07) is 9.72. The maximum atomic E-state index is 12.3. The van der Waals surface area contributed by atoms with Crippen molar-refractivity contribution in [2.45, 2.75) is 31.7 Å². The highest BCUT2D eigenvalue weighted by Crippen LogP contribution is 2.31.